The molecule has 3 aromatic rings. The summed E-state index contributed by atoms with van der Waals surface area (Å²) in [7, 11) is 0. The van der Waals surface area contributed by atoms with Gasteiger partial charge in [0.1, 0.15) is 5.82 Å². The molecular weight excluding hydrogens is 232 g/mol. The van der Waals surface area contributed by atoms with Crippen LogP contribution in [-0.4, -0.2) is 18.9 Å². The van der Waals surface area contributed by atoms with Crippen molar-refractivity contribution in [3.05, 3.63) is 41.7 Å². The molecule has 0 spiro atoms. The van der Waals surface area contributed by atoms with E-state index in [1.807, 2.05) is 24.0 Å². The van der Waals surface area contributed by atoms with Crippen LogP contribution in [0.4, 0.5) is 0 Å². The van der Waals surface area contributed by atoms with Crippen LogP contribution in [0.2, 0.25) is 0 Å². The van der Waals surface area contributed by atoms with Gasteiger partial charge in [0, 0.05) is 36.1 Å². The summed E-state index contributed by atoms with van der Waals surface area (Å²) in [4.78, 5) is 10.0. The van der Waals surface area contributed by atoms with Gasteiger partial charge in [-0.15, -0.1) is 11.3 Å². The summed E-state index contributed by atoms with van der Waals surface area (Å²) in [5, 5.41) is 2.04. The van der Waals surface area contributed by atoms with Gasteiger partial charge in [0.05, 0.1) is 12.2 Å². The summed E-state index contributed by atoms with van der Waals surface area (Å²) in [6, 6.07) is 0. The molecule has 0 radical (unpaired) electrons. The Bertz CT molecular complexity index is 603. The van der Waals surface area contributed by atoms with E-state index in [0.29, 0.717) is 5.92 Å². The third-order valence-corrected chi connectivity index (χ3v) is 3.51. The molecule has 0 aromatic carbocycles. The maximum atomic E-state index is 4.58. The van der Waals surface area contributed by atoms with E-state index in [4.69, 9.17) is 0 Å². The minimum absolute atomic E-state index is 0.439. The lowest BCUT2D eigenvalue weighted by molar-refractivity contribution is 0.663. The molecule has 0 saturated heterocycles. The van der Waals surface area contributed by atoms with Gasteiger partial charge in [0.25, 0.3) is 0 Å². The second kappa shape index (κ2) is 4.00. The molecule has 3 rings (SSSR count). The molecule has 17 heavy (non-hydrogen) atoms. The number of aromatic nitrogens is 4. The van der Waals surface area contributed by atoms with Crippen LogP contribution in [0.1, 0.15) is 31.3 Å². The van der Waals surface area contributed by atoms with Crippen molar-refractivity contribution in [1.82, 2.24) is 18.9 Å². The van der Waals surface area contributed by atoms with E-state index < -0.39 is 0 Å². The topological polar surface area (TPSA) is 35.1 Å². The van der Waals surface area contributed by atoms with Gasteiger partial charge in [-0.3, -0.25) is 4.40 Å². The Morgan fingerprint density at radius 1 is 1.35 bits per heavy atom. The van der Waals surface area contributed by atoms with Crippen molar-refractivity contribution in [2.75, 3.05) is 0 Å². The summed E-state index contributed by atoms with van der Waals surface area (Å²) in [5.74, 6) is 1.55. The number of hydrogen-bond donors (Lipinski definition) is 0. The molecule has 0 aliphatic rings. The molecule has 0 unspecified atom stereocenters. The largest absolute Gasteiger partial charge is 0.329 e. The minimum Gasteiger partial charge on any atom is -0.329 e. The van der Waals surface area contributed by atoms with Gasteiger partial charge in [-0.05, 0) is 0 Å². The zero-order valence-corrected chi connectivity index (χ0v) is 10.7. The summed E-state index contributed by atoms with van der Waals surface area (Å²) < 4.78 is 4.23. The molecule has 0 bridgehead atoms. The molecule has 0 amide bonds. The number of imidazole rings is 2. The van der Waals surface area contributed by atoms with E-state index >= 15 is 0 Å². The number of hydrogen-bond acceptors (Lipinski definition) is 3. The molecule has 0 N–H and O–H groups in total. The highest BCUT2D eigenvalue weighted by Crippen LogP contribution is 2.15. The fourth-order valence-electron chi connectivity index (χ4n) is 1.98. The normalized spacial score (nSPS) is 11.7. The van der Waals surface area contributed by atoms with Crippen molar-refractivity contribution in [2.45, 2.75) is 26.3 Å². The van der Waals surface area contributed by atoms with Crippen molar-refractivity contribution >= 4 is 16.3 Å². The van der Waals surface area contributed by atoms with Crippen LogP contribution in [0.25, 0.3) is 4.96 Å². The standard InChI is InChI=1S/C12H14N4S/c1-9(2)11-13-3-4-15(11)7-10-8-16-5-6-17-12(16)14-10/h3-6,8-9H,7H2,1-2H3. The Hall–Kier alpha value is -1.62. The van der Waals surface area contributed by atoms with Crippen molar-refractivity contribution in [2.24, 2.45) is 0 Å². The second-order valence-corrected chi connectivity index (χ2v) is 5.27. The van der Waals surface area contributed by atoms with Crippen molar-refractivity contribution in [3.8, 4) is 0 Å². The molecule has 0 atom stereocenters. The molecule has 3 heterocycles. The first kappa shape index (κ1) is 10.5. The monoisotopic (exact) mass is 246 g/mol. The van der Waals surface area contributed by atoms with E-state index in [-0.39, 0.29) is 0 Å². The Morgan fingerprint density at radius 2 is 2.24 bits per heavy atom. The van der Waals surface area contributed by atoms with Gasteiger partial charge in [0.15, 0.2) is 4.96 Å². The van der Waals surface area contributed by atoms with Gasteiger partial charge in [-0.1, -0.05) is 13.8 Å². The fraction of sp³-hybridized carbons (Fsp3) is 0.333. The Balaban J connectivity index is 1.91. The van der Waals surface area contributed by atoms with E-state index in [1.165, 1.54) is 0 Å². The van der Waals surface area contributed by atoms with Gasteiger partial charge >= 0.3 is 0 Å². The number of fused-ring (bicyclic) bond motifs is 1. The molecule has 3 aromatic heterocycles. The van der Waals surface area contributed by atoms with Gasteiger partial charge in [-0.25, -0.2) is 9.97 Å². The van der Waals surface area contributed by atoms with Gasteiger partial charge < -0.3 is 4.57 Å². The lowest BCUT2D eigenvalue weighted by atomic mass is 10.2. The third kappa shape index (κ3) is 1.86. The van der Waals surface area contributed by atoms with Gasteiger partial charge in [-0.2, -0.15) is 0 Å². The number of thiazole rings is 1. The van der Waals surface area contributed by atoms with Crippen LogP contribution in [-0.2, 0) is 6.54 Å². The summed E-state index contributed by atoms with van der Waals surface area (Å²) in [5.41, 5.74) is 1.08. The molecule has 0 aliphatic carbocycles. The maximum Gasteiger partial charge on any atom is 0.193 e. The van der Waals surface area contributed by atoms with Crippen LogP contribution in [0.15, 0.2) is 30.2 Å². The SMILES string of the molecule is CC(C)c1nccn1Cc1cn2ccsc2n1. The molecule has 0 saturated carbocycles. The van der Waals surface area contributed by atoms with E-state index in [2.05, 4.69) is 39.0 Å². The summed E-state index contributed by atoms with van der Waals surface area (Å²) in [6.45, 7) is 5.11. The minimum atomic E-state index is 0.439. The number of nitrogens with zero attached hydrogens (tertiary/aromatic N) is 4. The first-order valence-electron chi connectivity index (χ1n) is 5.66. The maximum absolute atomic E-state index is 4.58. The second-order valence-electron chi connectivity index (χ2n) is 4.39. The van der Waals surface area contributed by atoms with Crippen LogP contribution < -0.4 is 0 Å². The van der Waals surface area contributed by atoms with Crippen LogP contribution in [0, 0.1) is 0 Å². The molecule has 5 heteroatoms. The van der Waals surface area contributed by atoms with Crippen LogP contribution >= 0.6 is 11.3 Å². The van der Waals surface area contributed by atoms with E-state index in [9.17, 15) is 0 Å². The molecular formula is C12H14N4S. The lowest BCUT2D eigenvalue weighted by Gasteiger charge is -2.08. The molecule has 4 nitrogen and oxygen atoms in total. The van der Waals surface area contributed by atoms with Crippen LogP contribution in [0.3, 0.4) is 0 Å². The quantitative estimate of drug-likeness (QED) is 0.712. The van der Waals surface area contributed by atoms with Crippen molar-refractivity contribution in [1.29, 1.82) is 0 Å². The van der Waals surface area contributed by atoms with Crippen LogP contribution in [0.5, 0.6) is 0 Å². The molecule has 0 fully saturated rings. The predicted octanol–water partition coefficient (Wildman–Crippen LogP) is 2.76. The first-order chi connectivity index (χ1) is 8.24. The predicted molar refractivity (Wildman–Crippen MR) is 68.5 cm³/mol. The highest BCUT2D eigenvalue weighted by atomic mass is 32.1. The number of rotatable bonds is 3. The van der Waals surface area contributed by atoms with E-state index in [1.54, 1.807) is 11.3 Å². The first-order valence-corrected chi connectivity index (χ1v) is 6.54. The zero-order valence-electron chi connectivity index (χ0n) is 9.87. The van der Waals surface area contributed by atoms with Gasteiger partial charge in [0.2, 0.25) is 0 Å². The summed E-state index contributed by atoms with van der Waals surface area (Å²) >= 11 is 1.66. The third-order valence-electron chi connectivity index (χ3n) is 2.74. The average Bonchev–Trinajstić information content (AvgIpc) is 2.91. The Kier molecular flexibility index (Phi) is 2.48. The highest BCUT2D eigenvalue weighted by molar-refractivity contribution is 7.15. The fourth-order valence-corrected chi connectivity index (χ4v) is 2.70. The lowest BCUT2D eigenvalue weighted by Crippen LogP contribution is -2.05. The van der Waals surface area contributed by atoms with E-state index in [0.717, 1.165) is 23.0 Å². The summed E-state index contributed by atoms with van der Waals surface area (Å²) in [6.07, 6.45) is 7.99. The Morgan fingerprint density at radius 3 is 3.00 bits per heavy atom. The van der Waals surface area contributed by atoms with Crippen molar-refractivity contribution < 1.29 is 0 Å². The Labute approximate surface area is 104 Å². The zero-order chi connectivity index (χ0) is 11.8. The molecule has 0 aliphatic heterocycles. The smallest absolute Gasteiger partial charge is 0.193 e. The average molecular weight is 246 g/mol. The highest BCUT2D eigenvalue weighted by Gasteiger charge is 2.09. The van der Waals surface area contributed by atoms with Crippen molar-refractivity contribution in [3.63, 3.8) is 0 Å². The molecule has 88 valence electrons.